The van der Waals surface area contributed by atoms with Gasteiger partial charge in [-0.15, -0.1) is 0 Å². The van der Waals surface area contributed by atoms with Crippen LogP contribution in [-0.4, -0.2) is 45.3 Å². The molecule has 1 aliphatic rings. The fourth-order valence-electron chi connectivity index (χ4n) is 2.23. The third kappa shape index (κ3) is 3.61. The van der Waals surface area contributed by atoms with Crippen LogP contribution in [0.2, 0.25) is 0 Å². The summed E-state index contributed by atoms with van der Waals surface area (Å²) in [7, 11) is -1.68. The summed E-state index contributed by atoms with van der Waals surface area (Å²) in [5.41, 5.74) is 1.03. The molecule has 1 heterocycles. The zero-order valence-corrected chi connectivity index (χ0v) is 13.1. The number of sulfonamides is 1. The van der Waals surface area contributed by atoms with Gasteiger partial charge in [0.1, 0.15) is 0 Å². The van der Waals surface area contributed by atoms with Gasteiger partial charge in [-0.2, -0.15) is 4.31 Å². The normalized spacial score (nSPS) is 18.9. The van der Waals surface area contributed by atoms with Gasteiger partial charge in [-0.3, -0.25) is 4.79 Å². The van der Waals surface area contributed by atoms with E-state index in [2.05, 4.69) is 10.6 Å². The van der Waals surface area contributed by atoms with Crippen LogP contribution in [0, 0.1) is 0 Å². The molecule has 0 aliphatic carbocycles. The lowest BCUT2D eigenvalue weighted by molar-refractivity contribution is -0.120. The van der Waals surface area contributed by atoms with E-state index in [4.69, 9.17) is 0 Å². The molecule has 1 saturated heterocycles. The van der Waals surface area contributed by atoms with Crippen molar-refractivity contribution in [3.8, 4) is 0 Å². The highest BCUT2D eigenvalue weighted by atomic mass is 32.2. The number of amides is 1. The molecular weight excluding hydrogens is 290 g/mol. The summed E-state index contributed by atoms with van der Waals surface area (Å²) in [6.07, 6.45) is 0.202. The Bertz CT molecular complexity index is 598. The van der Waals surface area contributed by atoms with E-state index in [9.17, 15) is 13.2 Å². The lowest BCUT2D eigenvalue weighted by Crippen LogP contribution is -2.34. The van der Waals surface area contributed by atoms with Gasteiger partial charge in [-0.05, 0) is 31.7 Å². The minimum absolute atomic E-state index is 0.106. The molecule has 7 heteroatoms. The number of nitrogens with one attached hydrogen (secondary N) is 2. The standard InChI is InChI=1S/C14H21N3O3S/c1-11(15-2)12-3-5-13(6-4-12)21(19,20)17-9-7-14(18)16-8-10-17/h3-6,11,15H,7-10H2,1-2H3,(H,16,18). The van der Waals surface area contributed by atoms with Gasteiger partial charge in [0.2, 0.25) is 15.9 Å². The fraction of sp³-hybridized carbons (Fsp3) is 0.500. The van der Waals surface area contributed by atoms with E-state index in [1.165, 1.54) is 4.31 Å². The fourth-order valence-corrected chi connectivity index (χ4v) is 3.67. The van der Waals surface area contributed by atoms with Crippen molar-refractivity contribution in [2.24, 2.45) is 0 Å². The molecule has 0 spiro atoms. The Kier molecular flexibility index (Phi) is 4.97. The average Bonchev–Trinajstić information content (AvgIpc) is 2.71. The highest BCUT2D eigenvalue weighted by Crippen LogP contribution is 2.19. The van der Waals surface area contributed by atoms with Crippen LogP contribution in [0.5, 0.6) is 0 Å². The third-order valence-corrected chi connectivity index (χ3v) is 5.64. The summed E-state index contributed by atoms with van der Waals surface area (Å²) in [4.78, 5) is 11.6. The van der Waals surface area contributed by atoms with Crippen LogP contribution in [0.1, 0.15) is 24.9 Å². The molecule has 1 aliphatic heterocycles. The number of benzene rings is 1. The van der Waals surface area contributed by atoms with E-state index in [0.29, 0.717) is 13.1 Å². The molecule has 0 saturated carbocycles. The second-order valence-corrected chi connectivity index (χ2v) is 7.02. The highest BCUT2D eigenvalue weighted by Gasteiger charge is 2.26. The zero-order valence-electron chi connectivity index (χ0n) is 12.3. The van der Waals surface area contributed by atoms with Crippen molar-refractivity contribution in [1.82, 2.24) is 14.9 Å². The Balaban J connectivity index is 2.20. The molecule has 0 bridgehead atoms. The van der Waals surface area contributed by atoms with Gasteiger partial charge in [0, 0.05) is 32.1 Å². The SMILES string of the molecule is CNC(C)c1ccc(S(=O)(=O)N2CCNC(=O)CC2)cc1. The van der Waals surface area contributed by atoms with E-state index in [1.807, 2.05) is 26.1 Å². The van der Waals surface area contributed by atoms with E-state index in [-0.39, 0.29) is 29.8 Å². The highest BCUT2D eigenvalue weighted by molar-refractivity contribution is 7.89. The topological polar surface area (TPSA) is 78.5 Å². The van der Waals surface area contributed by atoms with Crippen molar-refractivity contribution in [1.29, 1.82) is 0 Å². The molecule has 1 aromatic carbocycles. The van der Waals surface area contributed by atoms with E-state index in [0.717, 1.165) is 5.56 Å². The monoisotopic (exact) mass is 311 g/mol. The first-order valence-corrected chi connectivity index (χ1v) is 8.43. The van der Waals surface area contributed by atoms with Gasteiger partial charge in [-0.1, -0.05) is 12.1 Å². The van der Waals surface area contributed by atoms with Crippen molar-refractivity contribution in [3.05, 3.63) is 29.8 Å². The van der Waals surface area contributed by atoms with Gasteiger partial charge in [0.25, 0.3) is 0 Å². The van der Waals surface area contributed by atoms with Crippen LogP contribution in [-0.2, 0) is 14.8 Å². The predicted octanol–water partition coefficient (Wildman–Crippen LogP) is 0.478. The Morgan fingerprint density at radius 3 is 2.52 bits per heavy atom. The number of hydrogen-bond acceptors (Lipinski definition) is 4. The van der Waals surface area contributed by atoms with Crippen molar-refractivity contribution in [3.63, 3.8) is 0 Å². The first kappa shape index (κ1) is 15.9. The largest absolute Gasteiger partial charge is 0.355 e. The molecule has 1 amide bonds. The molecule has 0 aromatic heterocycles. The van der Waals surface area contributed by atoms with Gasteiger partial charge in [-0.25, -0.2) is 8.42 Å². The molecule has 21 heavy (non-hydrogen) atoms. The summed E-state index contributed by atoms with van der Waals surface area (Å²) < 4.78 is 26.5. The van der Waals surface area contributed by atoms with Gasteiger partial charge in [0.05, 0.1) is 4.90 Å². The third-order valence-electron chi connectivity index (χ3n) is 3.72. The molecule has 116 valence electrons. The van der Waals surface area contributed by atoms with E-state index < -0.39 is 10.0 Å². The first-order valence-electron chi connectivity index (χ1n) is 6.99. The van der Waals surface area contributed by atoms with Crippen LogP contribution in [0.15, 0.2) is 29.2 Å². The molecule has 2 N–H and O–H groups in total. The maximum atomic E-state index is 12.6. The smallest absolute Gasteiger partial charge is 0.243 e. The summed E-state index contributed by atoms with van der Waals surface area (Å²) in [5.74, 6) is -0.106. The van der Waals surface area contributed by atoms with Crippen molar-refractivity contribution in [2.75, 3.05) is 26.7 Å². The average molecular weight is 311 g/mol. The molecule has 6 nitrogen and oxygen atoms in total. The molecule has 1 fully saturated rings. The summed E-state index contributed by atoms with van der Waals surface area (Å²) >= 11 is 0. The Hall–Kier alpha value is -1.44. The lowest BCUT2D eigenvalue weighted by Gasteiger charge is -2.19. The number of carbonyl (C=O) groups excluding carboxylic acids is 1. The second-order valence-electron chi connectivity index (χ2n) is 5.08. The van der Waals surface area contributed by atoms with Crippen LogP contribution in [0.4, 0.5) is 0 Å². The van der Waals surface area contributed by atoms with Crippen molar-refractivity contribution in [2.45, 2.75) is 24.3 Å². The van der Waals surface area contributed by atoms with Gasteiger partial charge < -0.3 is 10.6 Å². The Morgan fingerprint density at radius 1 is 1.24 bits per heavy atom. The van der Waals surface area contributed by atoms with Crippen molar-refractivity contribution >= 4 is 15.9 Å². The molecule has 0 radical (unpaired) electrons. The predicted molar refractivity (Wildman–Crippen MR) is 80.3 cm³/mol. The maximum Gasteiger partial charge on any atom is 0.243 e. The summed E-state index contributed by atoms with van der Waals surface area (Å²) in [6, 6.07) is 7.05. The first-order chi connectivity index (χ1) is 9.95. The van der Waals surface area contributed by atoms with Crippen LogP contribution in [0.3, 0.4) is 0 Å². The van der Waals surface area contributed by atoms with E-state index >= 15 is 0 Å². The minimum atomic E-state index is -3.54. The summed E-state index contributed by atoms with van der Waals surface area (Å²) in [6.45, 7) is 2.90. The maximum absolute atomic E-state index is 12.6. The van der Waals surface area contributed by atoms with Gasteiger partial charge in [0.15, 0.2) is 0 Å². The van der Waals surface area contributed by atoms with Gasteiger partial charge >= 0.3 is 0 Å². The molecule has 2 rings (SSSR count). The number of hydrogen-bond donors (Lipinski definition) is 2. The molecule has 1 atom stereocenters. The second kappa shape index (κ2) is 6.55. The number of carbonyl (C=O) groups is 1. The summed E-state index contributed by atoms with van der Waals surface area (Å²) in [5, 5.41) is 5.79. The number of rotatable bonds is 4. The quantitative estimate of drug-likeness (QED) is 0.848. The van der Waals surface area contributed by atoms with Crippen LogP contribution in [0.25, 0.3) is 0 Å². The Labute approximate surface area is 125 Å². The van der Waals surface area contributed by atoms with E-state index in [1.54, 1.807) is 12.1 Å². The molecular formula is C14H21N3O3S. The molecule has 1 unspecified atom stereocenters. The van der Waals surface area contributed by atoms with Crippen LogP contribution < -0.4 is 10.6 Å². The number of nitrogens with zero attached hydrogens (tertiary/aromatic N) is 1. The minimum Gasteiger partial charge on any atom is -0.355 e. The zero-order chi connectivity index (χ0) is 15.5. The lowest BCUT2D eigenvalue weighted by atomic mass is 10.1. The Morgan fingerprint density at radius 2 is 1.90 bits per heavy atom. The molecule has 1 aromatic rings. The van der Waals surface area contributed by atoms with Crippen LogP contribution >= 0.6 is 0 Å². The van der Waals surface area contributed by atoms with Crippen molar-refractivity contribution < 1.29 is 13.2 Å².